The van der Waals surface area contributed by atoms with Gasteiger partial charge >= 0.3 is 0 Å². The Morgan fingerprint density at radius 2 is 1.65 bits per heavy atom. The van der Waals surface area contributed by atoms with Crippen molar-refractivity contribution in [1.82, 2.24) is 19.5 Å². The number of carbonyl (C=O) groups excluding carboxylic acids is 1. The van der Waals surface area contributed by atoms with Crippen molar-refractivity contribution in [1.29, 1.82) is 0 Å². The maximum Gasteiger partial charge on any atom is 0.255 e. The Morgan fingerprint density at radius 3 is 2.29 bits per heavy atom. The molecular formula is C24H24N6O. The lowest BCUT2D eigenvalue weighted by molar-refractivity contribution is 0.102. The first-order valence-corrected chi connectivity index (χ1v) is 9.98. The highest BCUT2D eigenvalue weighted by molar-refractivity contribution is 6.04. The highest BCUT2D eigenvalue weighted by Crippen LogP contribution is 2.23. The predicted molar refractivity (Wildman–Crippen MR) is 122 cm³/mol. The molecule has 7 heteroatoms. The lowest BCUT2D eigenvalue weighted by atomic mass is 9.87. The van der Waals surface area contributed by atoms with E-state index in [1.165, 1.54) is 11.9 Å². The SMILES string of the molecule is CC(C)(C)c1ccc(C(=O)Nc2ccc(Nc3cc(-n4ccnc4)ncn3)cc2)cc1. The summed E-state index contributed by atoms with van der Waals surface area (Å²) in [7, 11) is 0. The summed E-state index contributed by atoms with van der Waals surface area (Å²) >= 11 is 0. The Bertz CT molecular complexity index is 1160. The molecule has 0 spiro atoms. The summed E-state index contributed by atoms with van der Waals surface area (Å²) in [5.74, 6) is 1.24. The van der Waals surface area contributed by atoms with Gasteiger partial charge in [-0.25, -0.2) is 15.0 Å². The number of imidazole rings is 1. The second-order valence-electron chi connectivity index (χ2n) is 8.22. The van der Waals surface area contributed by atoms with E-state index in [1.807, 2.05) is 60.8 Å². The third-order valence-electron chi connectivity index (χ3n) is 4.85. The fraction of sp³-hybridized carbons (Fsp3) is 0.167. The van der Waals surface area contributed by atoms with Gasteiger partial charge in [0, 0.05) is 35.4 Å². The maximum atomic E-state index is 12.5. The van der Waals surface area contributed by atoms with Crippen molar-refractivity contribution < 1.29 is 4.79 Å². The van der Waals surface area contributed by atoms with Gasteiger partial charge in [-0.3, -0.25) is 9.36 Å². The fourth-order valence-electron chi connectivity index (χ4n) is 3.06. The molecule has 7 nitrogen and oxygen atoms in total. The third kappa shape index (κ3) is 4.95. The number of anilines is 3. The molecule has 4 aromatic rings. The van der Waals surface area contributed by atoms with E-state index < -0.39 is 0 Å². The van der Waals surface area contributed by atoms with Crippen molar-refractivity contribution in [2.45, 2.75) is 26.2 Å². The maximum absolute atomic E-state index is 12.5. The van der Waals surface area contributed by atoms with Crippen molar-refractivity contribution in [3.63, 3.8) is 0 Å². The van der Waals surface area contributed by atoms with Gasteiger partial charge in [-0.15, -0.1) is 0 Å². The molecule has 0 saturated heterocycles. The zero-order valence-corrected chi connectivity index (χ0v) is 17.7. The number of nitrogens with zero attached hydrogens (tertiary/aromatic N) is 4. The van der Waals surface area contributed by atoms with Crippen LogP contribution in [0.1, 0.15) is 36.7 Å². The summed E-state index contributed by atoms with van der Waals surface area (Å²) < 4.78 is 1.81. The Kier molecular flexibility index (Phi) is 5.49. The van der Waals surface area contributed by atoms with Crippen LogP contribution >= 0.6 is 0 Å². The molecule has 0 radical (unpaired) electrons. The number of benzene rings is 2. The number of hydrogen-bond donors (Lipinski definition) is 2. The molecule has 0 fully saturated rings. The first-order chi connectivity index (χ1) is 14.9. The molecule has 0 unspecified atom stereocenters. The van der Waals surface area contributed by atoms with E-state index in [0.29, 0.717) is 11.4 Å². The molecule has 0 aliphatic heterocycles. The lowest BCUT2D eigenvalue weighted by Crippen LogP contribution is -2.14. The van der Waals surface area contributed by atoms with E-state index >= 15 is 0 Å². The average Bonchev–Trinajstić information content (AvgIpc) is 3.30. The zero-order chi connectivity index (χ0) is 21.8. The molecule has 2 N–H and O–H groups in total. The fourth-order valence-corrected chi connectivity index (χ4v) is 3.06. The van der Waals surface area contributed by atoms with Crippen molar-refractivity contribution in [2.75, 3.05) is 10.6 Å². The highest BCUT2D eigenvalue weighted by Gasteiger charge is 2.14. The van der Waals surface area contributed by atoms with Crippen molar-refractivity contribution in [2.24, 2.45) is 0 Å². The van der Waals surface area contributed by atoms with E-state index in [4.69, 9.17) is 0 Å². The van der Waals surface area contributed by atoms with Gasteiger partial charge < -0.3 is 10.6 Å². The van der Waals surface area contributed by atoms with E-state index in [2.05, 4.69) is 46.4 Å². The number of amides is 1. The van der Waals surface area contributed by atoms with Gasteiger partial charge in [-0.05, 0) is 47.4 Å². The first kappa shape index (κ1) is 20.3. The van der Waals surface area contributed by atoms with Crippen LogP contribution in [0.15, 0.2) is 79.6 Å². The average molecular weight is 412 g/mol. The summed E-state index contributed by atoms with van der Waals surface area (Å²) in [5.41, 5.74) is 3.45. The van der Waals surface area contributed by atoms with Crippen LogP contribution < -0.4 is 10.6 Å². The minimum atomic E-state index is -0.137. The van der Waals surface area contributed by atoms with Crippen LogP contribution in [0.2, 0.25) is 0 Å². The van der Waals surface area contributed by atoms with Gasteiger partial charge in [-0.1, -0.05) is 32.9 Å². The third-order valence-corrected chi connectivity index (χ3v) is 4.85. The summed E-state index contributed by atoms with van der Waals surface area (Å²) in [6.45, 7) is 6.45. The van der Waals surface area contributed by atoms with Gasteiger partial charge in [0.1, 0.15) is 24.3 Å². The quantitative estimate of drug-likeness (QED) is 0.484. The summed E-state index contributed by atoms with van der Waals surface area (Å²) in [6, 6.07) is 17.0. The molecule has 4 rings (SSSR count). The molecule has 31 heavy (non-hydrogen) atoms. The standard InChI is InChI=1S/C24H24N6O/c1-24(2,3)18-6-4-17(5-7-18)23(31)29-20-10-8-19(9-11-20)28-21-14-22(27-15-26-21)30-13-12-25-16-30/h4-16H,1-3H3,(H,29,31)(H,26,27,28). The number of hydrogen-bond acceptors (Lipinski definition) is 5. The van der Waals surface area contributed by atoms with Crippen LogP contribution in [0.3, 0.4) is 0 Å². The van der Waals surface area contributed by atoms with E-state index in [9.17, 15) is 4.79 Å². The normalized spacial score (nSPS) is 11.2. The Hall–Kier alpha value is -4.00. The van der Waals surface area contributed by atoms with Crippen LogP contribution in [0.5, 0.6) is 0 Å². The van der Waals surface area contributed by atoms with Crippen molar-refractivity contribution >= 4 is 23.1 Å². The van der Waals surface area contributed by atoms with Gasteiger partial charge in [0.2, 0.25) is 0 Å². The largest absolute Gasteiger partial charge is 0.340 e. The van der Waals surface area contributed by atoms with Crippen molar-refractivity contribution in [3.05, 3.63) is 90.8 Å². The van der Waals surface area contributed by atoms with Gasteiger partial charge in [0.05, 0.1) is 0 Å². The Labute approximate surface area is 181 Å². The zero-order valence-electron chi connectivity index (χ0n) is 17.7. The molecule has 0 aliphatic carbocycles. The second kappa shape index (κ2) is 8.39. The molecule has 1 amide bonds. The van der Waals surface area contributed by atoms with E-state index in [-0.39, 0.29) is 11.3 Å². The van der Waals surface area contributed by atoms with Gasteiger partial charge in [0.25, 0.3) is 5.91 Å². The molecule has 0 saturated carbocycles. The van der Waals surface area contributed by atoms with Crippen LogP contribution in [0, 0.1) is 0 Å². The Balaban J connectivity index is 1.40. The molecule has 0 bridgehead atoms. The number of carbonyl (C=O) groups is 1. The van der Waals surface area contributed by atoms with E-state index in [1.54, 1.807) is 17.1 Å². The topological polar surface area (TPSA) is 84.7 Å². The molecule has 0 atom stereocenters. The first-order valence-electron chi connectivity index (χ1n) is 9.98. The highest BCUT2D eigenvalue weighted by atomic mass is 16.1. The van der Waals surface area contributed by atoms with Crippen LogP contribution in [-0.2, 0) is 5.41 Å². The molecule has 156 valence electrons. The van der Waals surface area contributed by atoms with Crippen LogP contribution in [-0.4, -0.2) is 25.4 Å². The van der Waals surface area contributed by atoms with Gasteiger partial charge in [-0.2, -0.15) is 0 Å². The monoisotopic (exact) mass is 412 g/mol. The molecule has 2 aromatic carbocycles. The van der Waals surface area contributed by atoms with Crippen LogP contribution in [0.4, 0.5) is 17.2 Å². The number of aromatic nitrogens is 4. The van der Waals surface area contributed by atoms with Crippen LogP contribution in [0.25, 0.3) is 5.82 Å². The lowest BCUT2D eigenvalue weighted by Gasteiger charge is -2.19. The molecular weight excluding hydrogens is 388 g/mol. The summed E-state index contributed by atoms with van der Waals surface area (Å²) in [6.07, 6.45) is 6.69. The van der Waals surface area contributed by atoms with Gasteiger partial charge in [0.15, 0.2) is 0 Å². The number of rotatable bonds is 5. The number of nitrogens with one attached hydrogen (secondary N) is 2. The summed E-state index contributed by atoms with van der Waals surface area (Å²) in [4.78, 5) is 25.1. The smallest absolute Gasteiger partial charge is 0.255 e. The predicted octanol–water partition coefficient (Wildman–Crippen LogP) is 4.96. The van der Waals surface area contributed by atoms with Crippen molar-refractivity contribution in [3.8, 4) is 5.82 Å². The molecule has 2 heterocycles. The Morgan fingerprint density at radius 1 is 0.935 bits per heavy atom. The minimum Gasteiger partial charge on any atom is -0.340 e. The van der Waals surface area contributed by atoms with E-state index in [0.717, 1.165) is 17.2 Å². The second-order valence-corrected chi connectivity index (χ2v) is 8.22. The molecule has 2 aromatic heterocycles. The minimum absolute atomic E-state index is 0.0566. The molecule has 0 aliphatic rings. The summed E-state index contributed by atoms with van der Waals surface area (Å²) in [5, 5.41) is 6.17.